The Labute approximate surface area is 110 Å². The number of hydrogen-bond acceptors (Lipinski definition) is 3. The first-order chi connectivity index (χ1) is 9.20. The maximum atomic E-state index is 11.1. The molecule has 1 aromatic carbocycles. The minimum atomic E-state index is -0.922. The van der Waals surface area contributed by atoms with Gasteiger partial charge in [-0.2, -0.15) is 0 Å². The molecule has 0 saturated heterocycles. The third-order valence-electron chi connectivity index (χ3n) is 3.18. The lowest BCUT2D eigenvalue weighted by Crippen LogP contribution is -2.08. The van der Waals surface area contributed by atoms with E-state index in [9.17, 15) is 4.79 Å². The molecule has 0 spiro atoms. The van der Waals surface area contributed by atoms with E-state index in [2.05, 4.69) is 0 Å². The van der Waals surface area contributed by atoms with Crippen molar-refractivity contribution in [3.05, 3.63) is 36.0 Å². The van der Waals surface area contributed by atoms with Crippen molar-refractivity contribution in [3.63, 3.8) is 0 Å². The fraction of sp³-hybridized carbons (Fsp3) is 0.214. The van der Waals surface area contributed by atoms with Gasteiger partial charge in [0.15, 0.2) is 11.5 Å². The molecule has 5 heteroatoms. The Morgan fingerprint density at radius 2 is 2.05 bits per heavy atom. The summed E-state index contributed by atoms with van der Waals surface area (Å²) < 4.78 is 12.4. The van der Waals surface area contributed by atoms with Gasteiger partial charge in [-0.05, 0) is 37.3 Å². The van der Waals surface area contributed by atoms with Gasteiger partial charge in [0, 0.05) is 17.8 Å². The average Bonchev–Trinajstić information content (AvgIpc) is 3.03. The van der Waals surface area contributed by atoms with Crippen LogP contribution in [-0.4, -0.2) is 22.4 Å². The molecule has 1 N–H and O–H groups in total. The number of aromatic nitrogens is 1. The Kier molecular flexibility index (Phi) is 2.67. The maximum Gasteiger partial charge on any atom is 0.352 e. The molecule has 0 fully saturated rings. The molecule has 0 bridgehead atoms. The lowest BCUT2D eigenvalue weighted by molar-refractivity contribution is 0.0685. The number of carboxylic acids is 1. The SMILES string of the molecule is CCn1c(C(=O)O)ccc1-c1ccc2c(c1)OCO2. The van der Waals surface area contributed by atoms with Crippen LogP contribution in [0.3, 0.4) is 0 Å². The number of ether oxygens (including phenoxy) is 2. The topological polar surface area (TPSA) is 60.7 Å². The van der Waals surface area contributed by atoms with E-state index in [1.165, 1.54) is 0 Å². The van der Waals surface area contributed by atoms with Crippen LogP contribution in [0.15, 0.2) is 30.3 Å². The molecule has 0 unspecified atom stereocenters. The van der Waals surface area contributed by atoms with E-state index in [1.807, 2.05) is 31.2 Å². The number of hydrogen-bond donors (Lipinski definition) is 1. The first-order valence-electron chi connectivity index (χ1n) is 6.03. The highest BCUT2D eigenvalue weighted by Crippen LogP contribution is 2.36. The molecular formula is C14H13NO4. The molecule has 1 aromatic heterocycles. The minimum absolute atomic E-state index is 0.230. The molecule has 2 aromatic rings. The van der Waals surface area contributed by atoms with Gasteiger partial charge < -0.3 is 19.1 Å². The molecule has 1 aliphatic heterocycles. The van der Waals surface area contributed by atoms with Crippen molar-refractivity contribution in [1.29, 1.82) is 0 Å². The predicted octanol–water partition coefficient (Wildman–Crippen LogP) is 2.60. The molecule has 2 heterocycles. The Hall–Kier alpha value is -2.43. The van der Waals surface area contributed by atoms with Crippen LogP contribution < -0.4 is 9.47 Å². The summed E-state index contributed by atoms with van der Waals surface area (Å²) >= 11 is 0. The van der Waals surface area contributed by atoms with E-state index in [0.717, 1.165) is 17.0 Å². The standard InChI is InChI=1S/C14H13NO4/c1-2-15-10(4-5-11(15)14(16)17)9-3-6-12-13(7-9)19-8-18-12/h3-7H,2,8H2,1H3,(H,16,17). The third-order valence-corrected chi connectivity index (χ3v) is 3.18. The van der Waals surface area contributed by atoms with Gasteiger partial charge in [0.05, 0.1) is 0 Å². The summed E-state index contributed by atoms with van der Waals surface area (Å²) in [6, 6.07) is 9.04. The van der Waals surface area contributed by atoms with E-state index < -0.39 is 5.97 Å². The lowest BCUT2D eigenvalue weighted by atomic mass is 10.1. The van der Waals surface area contributed by atoms with Gasteiger partial charge in [0.2, 0.25) is 6.79 Å². The molecule has 98 valence electrons. The van der Waals surface area contributed by atoms with Crippen LogP contribution in [0.4, 0.5) is 0 Å². The van der Waals surface area contributed by atoms with Gasteiger partial charge in [0.1, 0.15) is 5.69 Å². The van der Waals surface area contributed by atoms with Crippen molar-refractivity contribution in [2.24, 2.45) is 0 Å². The van der Waals surface area contributed by atoms with Crippen LogP contribution in [0, 0.1) is 0 Å². The summed E-state index contributed by atoms with van der Waals surface area (Å²) in [4.78, 5) is 11.1. The van der Waals surface area contributed by atoms with Crippen LogP contribution in [0.5, 0.6) is 11.5 Å². The number of aromatic carboxylic acids is 1. The van der Waals surface area contributed by atoms with Crippen molar-refractivity contribution in [2.75, 3.05) is 6.79 Å². The van der Waals surface area contributed by atoms with Crippen LogP contribution in [0.25, 0.3) is 11.3 Å². The normalized spacial score (nSPS) is 12.7. The second-order valence-corrected chi connectivity index (χ2v) is 4.22. The molecule has 0 atom stereocenters. The second kappa shape index (κ2) is 4.35. The number of fused-ring (bicyclic) bond motifs is 1. The number of rotatable bonds is 3. The number of carboxylic acid groups (broad SMARTS) is 1. The van der Waals surface area contributed by atoms with E-state index >= 15 is 0 Å². The van der Waals surface area contributed by atoms with Gasteiger partial charge in [-0.3, -0.25) is 0 Å². The van der Waals surface area contributed by atoms with Crippen molar-refractivity contribution >= 4 is 5.97 Å². The Balaban J connectivity index is 2.09. The van der Waals surface area contributed by atoms with E-state index in [1.54, 1.807) is 10.6 Å². The zero-order valence-corrected chi connectivity index (χ0v) is 10.4. The number of benzene rings is 1. The fourth-order valence-electron chi connectivity index (χ4n) is 2.30. The molecule has 0 radical (unpaired) electrons. The molecule has 3 rings (SSSR count). The van der Waals surface area contributed by atoms with Gasteiger partial charge in [-0.15, -0.1) is 0 Å². The van der Waals surface area contributed by atoms with Crippen LogP contribution >= 0.6 is 0 Å². The summed E-state index contributed by atoms with van der Waals surface area (Å²) in [6.45, 7) is 2.75. The Bertz CT molecular complexity index is 645. The van der Waals surface area contributed by atoms with Gasteiger partial charge in [-0.25, -0.2) is 4.79 Å². The zero-order chi connectivity index (χ0) is 13.4. The smallest absolute Gasteiger partial charge is 0.352 e. The molecule has 1 aliphatic rings. The molecular weight excluding hydrogens is 246 g/mol. The minimum Gasteiger partial charge on any atom is -0.477 e. The first-order valence-corrected chi connectivity index (χ1v) is 6.03. The molecule has 0 aliphatic carbocycles. The van der Waals surface area contributed by atoms with Crippen molar-refractivity contribution in [1.82, 2.24) is 4.57 Å². The monoisotopic (exact) mass is 259 g/mol. The van der Waals surface area contributed by atoms with Crippen molar-refractivity contribution in [2.45, 2.75) is 13.5 Å². The average molecular weight is 259 g/mol. The third kappa shape index (κ3) is 1.83. The quantitative estimate of drug-likeness (QED) is 0.920. The molecule has 19 heavy (non-hydrogen) atoms. The Morgan fingerprint density at radius 3 is 2.79 bits per heavy atom. The lowest BCUT2D eigenvalue weighted by Gasteiger charge is -2.09. The highest BCUT2D eigenvalue weighted by Gasteiger charge is 2.17. The van der Waals surface area contributed by atoms with Crippen molar-refractivity contribution in [3.8, 4) is 22.8 Å². The summed E-state index contributed by atoms with van der Waals surface area (Å²) in [5.74, 6) is 0.490. The van der Waals surface area contributed by atoms with Crippen LogP contribution in [0.2, 0.25) is 0 Å². The van der Waals surface area contributed by atoms with Gasteiger partial charge in [-0.1, -0.05) is 0 Å². The number of carbonyl (C=O) groups is 1. The highest BCUT2D eigenvalue weighted by atomic mass is 16.7. The van der Waals surface area contributed by atoms with E-state index in [-0.39, 0.29) is 12.5 Å². The number of nitrogens with zero attached hydrogens (tertiary/aromatic N) is 1. The summed E-state index contributed by atoms with van der Waals surface area (Å²) in [6.07, 6.45) is 0. The van der Waals surface area contributed by atoms with E-state index in [4.69, 9.17) is 14.6 Å². The van der Waals surface area contributed by atoms with Crippen LogP contribution in [-0.2, 0) is 6.54 Å². The summed E-state index contributed by atoms with van der Waals surface area (Å²) in [5, 5.41) is 9.15. The second-order valence-electron chi connectivity index (χ2n) is 4.22. The Morgan fingerprint density at radius 1 is 1.26 bits per heavy atom. The zero-order valence-electron chi connectivity index (χ0n) is 10.4. The largest absolute Gasteiger partial charge is 0.477 e. The first kappa shape index (κ1) is 11.6. The highest BCUT2D eigenvalue weighted by molar-refractivity contribution is 5.87. The van der Waals surface area contributed by atoms with E-state index in [0.29, 0.717) is 12.3 Å². The molecule has 0 saturated carbocycles. The maximum absolute atomic E-state index is 11.1. The van der Waals surface area contributed by atoms with Gasteiger partial charge >= 0.3 is 5.97 Å². The summed E-state index contributed by atoms with van der Waals surface area (Å²) in [7, 11) is 0. The fourth-order valence-corrected chi connectivity index (χ4v) is 2.30. The van der Waals surface area contributed by atoms with Crippen LogP contribution in [0.1, 0.15) is 17.4 Å². The molecule has 0 amide bonds. The van der Waals surface area contributed by atoms with Crippen molar-refractivity contribution < 1.29 is 19.4 Å². The predicted molar refractivity (Wildman–Crippen MR) is 68.6 cm³/mol. The summed E-state index contributed by atoms with van der Waals surface area (Å²) in [5.41, 5.74) is 2.06. The molecule has 5 nitrogen and oxygen atoms in total. The van der Waals surface area contributed by atoms with Gasteiger partial charge in [0.25, 0.3) is 0 Å².